The summed E-state index contributed by atoms with van der Waals surface area (Å²) in [5.74, 6) is -1.05. The molecule has 90 valence electrons. The van der Waals surface area contributed by atoms with Crippen LogP contribution in [0, 0.1) is 0 Å². The maximum atomic E-state index is 11.8. The normalized spacial score (nSPS) is 20.5. The highest BCUT2D eigenvalue weighted by Crippen LogP contribution is 2.16. The molecular formula is C11H18N2O3. The minimum Gasteiger partial charge on any atom is -0.480 e. The predicted octanol–water partition coefficient (Wildman–Crippen LogP) is 0.228. The first-order valence-electron chi connectivity index (χ1n) is 5.50. The predicted molar refractivity (Wildman–Crippen MR) is 60.1 cm³/mol. The molecule has 5 nitrogen and oxygen atoms in total. The van der Waals surface area contributed by atoms with Crippen molar-refractivity contribution in [1.29, 1.82) is 0 Å². The summed E-state index contributed by atoms with van der Waals surface area (Å²) in [5, 5.41) is 11.9. The number of aliphatic carboxylic acids is 1. The summed E-state index contributed by atoms with van der Waals surface area (Å²) in [6.07, 6.45) is 3.98. The van der Waals surface area contributed by atoms with Crippen molar-refractivity contribution in [3.8, 4) is 0 Å². The van der Waals surface area contributed by atoms with Crippen molar-refractivity contribution < 1.29 is 14.7 Å². The number of nitrogens with zero attached hydrogens (tertiary/aromatic N) is 1. The summed E-state index contributed by atoms with van der Waals surface area (Å²) in [4.78, 5) is 24.2. The number of piperidine rings is 1. The highest BCUT2D eigenvalue weighted by atomic mass is 16.4. The van der Waals surface area contributed by atoms with Crippen LogP contribution in [-0.4, -0.2) is 47.6 Å². The topological polar surface area (TPSA) is 69.6 Å². The lowest BCUT2D eigenvalue weighted by Gasteiger charge is -2.33. The Hall–Kier alpha value is -1.36. The van der Waals surface area contributed by atoms with E-state index in [2.05, 4.69) is 11.9 Å². The van der Waals surface area contributed by atoms with Crippen LogP contribution in [-0.2, 0) is 9.59 Å². The van der Waals surface area contributed by atoms with Gasteiger partial charge in [0.2, 0.25) is 5.91 Å². The van der Waals surface area contributed by atoms with Crippen molar-refractivity contribution in [1.82, 2.24) is 10.2 Å². The molecule has 0 spiro atoms. The minimum atomic E-state index is -0.906. The summed E-state index contributed by atoms with van der Waals surface area (Å²) < 4.78 is 0. The van der Waals surface area contributed by atoms with E-state index in [9.17, 15) is 9.59 Å². The van der Waals surface area contributed by atoms with Crippen molar-refractivity contribution in [2.24, 2.45) is 0 Å². The number of rotatable bonds is 5. The molecule has 1 fully saturated rings. The van der Waals surface area contributed by atoms with E-state index in [0.717, 1.165) is 12.8 Å². The molecule has 1 amide bonds. The molecule has 1 saturated heterocycles. The first-order valence-corrected chi connectivity index (χ1v) is 5.50. The molecule has 1 atom stereocenters. The van der Waals surface area contributed by atoms with Crippen LogP contribution in [0.2, 0.25) is 0 Å². The van der Waals surface area contributed by atoms with Crippen LogP contribution in [0.5, 0.6) is 0 Å². The molecule has 5 heteroatoms. The fourth-order valence-electron chi connectivity index (χ4n) is 1.87. The first kappa shape index (κ1) is 12.7. The fraction of sp³-hybridized carbons (Fsp3) is 0.636. The number of carboxylic acid groups (broad SMARTS) is 1. The van der Waals surface area contributed by atoms with Gasteiger partial charge in [-0.1, -0.05) is 6.08 Å². The second-order valence-corrected chi connectivity index (χ2v) is 3.86. The second kappa shape index (κ2) is 6.27. The first-order chi connectivity index (χ1) is 7.66. The highest BCUT2D eigenvalue weighted by Gasteiger charge is 2.31. The van der Waals surface area contributed by atoms with Gasteiger partial charge in [-0.05, 0) is 19.3 Å². The van der Waals surface area contributed by atoms with Gasteiger partial charge in [0.25, 0.3) is 0 Å². The Morgan fingerprint density at radius 3 is 2.88 bits per heavy atom. The van der Waals surface area contributed by atoms with Crippen molar-refractivity contribution in [2.45, 2.75) is 25.3 Å². The van der Waals surface area contributed by atoms with E-state index in [-0.39, 0.29) is 12.5 Å². The SMILES string of the molecule is C=CCNCC(=O)N1CCCC[C@@H]1C(=O)O. The molecule has 1 aliphatic heterocycles. The van der Waals surface area contributed by atoms with Crippen LogP contribution in [0.1, 0.15) is 19.3 Å². The molecule has 0 radical (unpaired) electrons. The second-order valence-electron chi connectivity index (χ2n) is 3.86. The standard InChI is InChI=1S/C11H18N2O3/c1-2-6-12-8-10(14)13-7-4-3-5-9(13)11(15)16/h2,9,12H,1,3-8H2,(H,15,16)/t9-/m1/s1. The molecule has 0 bridgehead atoms. The monoisotopic (exact) mass is 226 g/mol. The summed E-state index contributed by atoms with van der Waals surface area (Å²) in [6, 6.07) is -0.646. The van der Waals surface area contributed by atoms with Crippen LogP contribution in [0.4, 0.5) is 0 Å². The Labute approximate surface area is 95.1 Å². The molecule has 0 saturated carbocycles. The lowest BCUT2D eigenvalue weighted by molar-refractivity contribution is -0.151. The molecular weight excluding hydrogens is 208 g/mol. The Bertz CT molecular complexity index is 278. The van der Waals surface area contributed by atoms with Gasteiger partial charge in [-0.3, -0.25) is 4.79 Å². The molecule has 1 rings (SSSR count). The van der Waals surface area contributed by atoms with Gasteiger partial charge in [-0.2, -0.15) is 0 Å². The Kier molecular flexibility index (Phi) is 4.98. The van der Waals surface area contributed by atoms with Crippen LogP contribution in [0.25, 0.3) is 0 Å². The largest absolute Gasteiger partial charge is 0.480 e. The third kappa shape index (κ3) is 3.34. The van der Waals surface area contributed by atoms with E-state index in [4.69, 9.17) is 5.11 Å². The van der Waals surface area contributed by atoms with Gasteiger partial charge >= 0.3 is 5.97 Å². The number of hydrogen-bond acceptors (Lipinski definition) is 3. The number of hydrogen-bond donors (Lipinski definition) is 2. The number of carbonyl (C=O) groups excluding carboxylic acids is 1. The third-order valence-corrected chi connectivity index (χ3v) is 2.67. The van der Waals surface area contributed by atoms with Crippen LogP contribution in [0.15, 0.2) is 12.7 Å². The molecule has 0 aromatic carbocycles. The van der Waals surface area contributed by atoms with E-state index in [1.165, 1.54) is 4.90 Å². The molecule has 2 N–H and O–H groups in total. The van der Waals surface area contributed by atoms with Gasteiger partial charge in [0, 0.05) is 13.1 Å². The zero-order valence-corrected chi connectivity index (χ0v) is 9.32. The van der Waals surface area contributed by atoms with Gasteiger partial charge in [0.05, 0.1) is 6.54 Å². The fourth-order valence-corrected chi connectivity index (χ4v) is 1.87. The lowest BCUT2D eigenvalue weighted by Crippen LogP contribution is -2.50. The minimum absolute atomic E-state index is 0.144. The number of nitrogens with one attached hydrogen (secondary N) is 1. The molecule has 0 aromatic heterocycles. The smallest absolute Gasteiger partial charge is 0.326 e. The average Bonchev–Trinajstić information content (AvgIpc) is 2.29. The van der Waals surface area contributed by atoms with Crippen molar-refractivity contribution in [3.63, 3.8) is 0 Å². The number of carboxylic acids is 1. The van der Waals surface area contributed by atoms with Crippen molar-refractivity contribution in [3.05, 3.63) is 12.7 Å². The van der Waals surface area contributed by atoms with Gasteiger partial charge in [0.15, 0.2) is 0 Å². The Morgan fingerprint density at radius 2 is 2.25 bits per heavy atom. The molecule has 0 aromatic rings. The Balaban J connectivity index is 2.50. The zero-order valence-electron chi connectivity index (χ0n) is 9.32. The van der Waals surface area contributed by atoms with Crippen molar-refractivity contribution >= 4 is 11.9 Å². The van der Waals surface area contributed by atoms with Crippen LogP contribution in [0.3, 0.4) is 0 Å². The molecule has 16 heavy (non-hydrogen) atoms. The summed E-state index contributed by atoms with van der Waals surface area (Å²) in [5.41, 5.74) is 0. The Morgan fingerprint density at radius 1 is 1.50 bits per heavy atom. The van der Waals surface area contributed by atoms with E-state index in [0.29, 0.717) is 19.5 Å². The number of amides is 1. The number of carbonyl (C=O) groups is 2. The zero-order chi connectivity index (χ0) is 12.0. The summed E-state index contributed by atoms with van der Waals surface area (Å²) in [6.45, 7) is 4.81. The quantitative estimate of drug-likeness (QED) is 0.520. The molecule has 0 unspecified atom stereocenters. The van der Waals surface area contributed by atoms with Crippen LogP contribution < -0.4 is 5.32 Å². The van der Waals surface area contributed by atoms with E-state index < -0.39 is 12.0 Å². The van der Waals surface area contributed by atoms with Gasteiger partial charge in [0.1, 0.15) is 6.04 Å². The lowest BCUT2D eigenvalue weighted by atomic mass is 10.0. The molecule has 1 aliphatic rings. The maximum absolute atomic E-state index is 11.8. The van der Waals surface area contributed by atoms with Gasteiger partial charge in [-0.15, -0.1) is 6.58 Å². The van der Waals surface area contributed by atoms with Crippen molar-refractivity contribution in [2.75, 3.05) is 19.6 Å². The molecule has 1 heterocycles. The van der Waals surface area contributed by atoms with Gasteiger partial charge < -0.3 is 15.3 Å². The average molecular weight is 226 g/mol. The van der Waals surface area contributed by atoms with E-state index in [1.54, 1.807) is 6.08 Å². The highest BCUT2D eigenvalue weighted by molar-refractivity contribution is 5.85. The maximum Gasteiger partial charge on any atom is 0.326 e. The van der Waals surface area contributed by atoms with E-state index in [1.807, 2.05) is 0 Å². The van der Waals surface area contributed by atoms with Crippen LogP contribution >= 0.6 is 0 Å². The summed E-state index contributed by atoms with van der Waals surface area (Å²) in [7, 11) is 0. The summed E-state index contributed by atoms with van der Waals surface area (Å²) >= 11 is 0. The van der Waals surface area contributed by atoms with E-state index >= 15 is 0 Å². The third-order valence-electron chi connectivity index (χ3n) is 2.67. The van der Waals surface area contributed by atoms with Gasteiger partial charge in [-0.25, -0.2) is 4.79 Å². The number of likely N-dealkylation sites (tertiary alicyclic amines) is 1. The molecule has 0 aliphatic carbocycles.